The molecule has 0 aliphatic heterocycles. The fraction of sp³-hybridized carbons (Fsp3) is 0.105. The molecule has 0 saturated carbocycles. The highest BCUT2D eigenvalue weighted by Crippen LogP contribution is 2.37. The van der Waals surface area contributed by atoms with Gasteiger partial charge in [-0.05, 0) is 35.9 Å². The van der Waals surface area contributed by atoms with Gasteiger partial charge in [-0.25, -0.2) is 4.98 Å². The van der Waals surface area contributed by atoms with E-state index in [0.717, 1.165) is 12.1 Å². The Labute approximate surface area is 163 Å². The SMILES string of the molecule is O=P(O)(O)c1ccccc1OCc1ccc(Oc2ccc(C(F)(F)F)cn2)cc1. The number of hydrogen-bond acceptors (Lipinski definition) is 4. The zero-order chi connectivity index (χ0) is 21.1. The van der Waals surface area contributed by atoms with Gasteiger partial charge in [0, 0.05) is 12.3 Å². The first-order valence-corrected chi connectivity index (χ1v) is 9.82. The van der Waals surface area contributed by atoms with Crippen LogP contribution in [0.2, 0.25) is 0 Å². The Morgan fingerprint density at radius 1 is 0.966 bits per heavy atom. The Balaban J connectivity index is 1.63. The number of halogens is 3. The Morgan fingerprint density at radius 3 is 2.24 bits per heavy atom. The highest BCUT2D eigenvalue weighted by atomic mass is 31.2. The molecule has 0 fully saturated rings. The van der Waals surface area contributed by atoms with Crippen LogP contribution in [-0.4, -0.2) is 14.8 Å². The molecule has 0 aliphatic rings. The predicted molar refractivity (Wildman–Crippen MR) is 98.2 cm³/mol. The lowest BCUT2D eigenvalue weighted by molar-refractivity contribution is -0.137. The van der Waals surface area contributed by atoms with E-state index in [-0.39, 0.29) is 23.5 Å². The molecule has 29 heavy (non-hydrogen) atoms. The van der Waals surface area contributed by atoms with E-state index in [9.17, 15) is 27.5 Å². The van der Waals surface area contributed by atoms with Crippen LogP contribution in [0.1, 0.15) is 11.1 Å². The van der Waals surface area contributed by atoms with Crippen LogP contribution < -0.4 is 14.8 Å². The molecule has 10 heteroatoms. The first-order chi connectivity index (χ1) is 13.6. The van der Waals surface area contributed by atoms with E-state index in [2.05, 4.69) is 4.98 Å². The van der Waals surface area contributed by atoms with Crippen LogP contribution in [0, 0.1) is 0 Å². The second-order valence-electron chi connectivity index (χ2n) is 5.93. The average molecular weight is 425 g/mol. The lowest BCUT2D eigenvalue weighted by atomic mass is 10.2. The molecule has 3 rings (SSSR count). The van der Waals surface area contributed by atoms with Gasteiger partial charge in [-0.2, -0.15) is 13.2 Å². The molecule has 1 aromatic heterocycles. The topological polar surface area (TPSA) is 88.9 Å². The third-order valence-corrected chi connectivity index (χ3v) is 4.78. The zero-order valence-electron chi connectivity index (χ0n) is 14.7. The number of alkyl halides is 3. The first kappa shape index (κ1) is 20.9. The minimum absolute atomic E-state index is 0.0116. The number of ether oxygens (including phenoxy) is 2. The lowest BCUT2D eigenvalue weighted by Crippen LogP contribution is -2.09. The fourth-order valence-electron chi connectivity index (χ4n) is 2.36. The summed E-state index contributed by atoms with van der Waals surface area (Å²) in [6.45, 7) is 0.0514. The Bertz CT molecular complexity index is 1020. The average Bonchev–Trinajstić information content (AvgIpc) is 2.67. The van der Waals surface area contributed by atoms with Crippen LogP contribution in [-0.2, 0) is 17.3 Å². The highest BCUT2D eigenvalue weighted by Gasteiger charge is 2.30. The molecular formula is C19H15F3NO5P. The van der Waals surface area contributed by atoms with Crippen molar-refractivity contribution >= 4 is 12.9 Å². The van der Waals surface area contributed by atoms with E-state index in [1.54, 1.807) is 30.3 Å². The van der Waals surface area contributed by atoms with E-state index in [1.807, 2.05) is 0 Å². The van der Waals surface area contributed by atoms with Crippen molar-refractivity contribution in [2.24, 2.45) is 0 Å². The third-order valence-electron chi connectivity index (χ3n) is 3.78. The number of rotatable bonds is 6. The van der Waals surface area contributed by atoms with Gasteiger partial charge >= 0.3 is 13.8 Å². The minimum Gasteiger partial charge on any atom is -0.488 e. The zero-order valence-corrected chi connectivity index (χ0v) is 15.6. The molecule has 0 atom stereocenters. The van der Waals surface area contributed by atoms with Gasteiger partial charge in [-0.15, -0.1) is 0 Å². The summed E-state index contributed by atoms with van der Waals surface area (Å²) in [5.41, 5.74) is -0.175. The molecule has 0 spiro atoms. The van der Waals surface area contributed by atoms with Crippen LogP contribution in [0.25, 0.3) is 0 Å². The summed E-state index contributed by atoms with van der Waals surface area (Å²) < 4.78 is 60.0. The fourth-order valence-corrected chi connectivity index (χ4v) is 3.07. The van der Waals surface area contributed by atoms with E-state index >= 15 is 0 Å². The van der Waals surface area contributed by atoms with Crippen LogP contribution in [0.3, 0.4) is 0 Å². The summed E-state index contributed by atoms with van der Waals surface area (Å²) in [5.74, 6) is 0.448. The molecule has 0 saturated heterocycles. The van der Waals surface area contributed by atoms with E-state index in [0.29, 0.717) is 17.5 Å². The van der Waals surface area contributed by atoms with Crippen LogP contribution in [0.4, 0.5) is 13.2 Å². The molecule has 6 nitrogen and oxygen atoms in total. The smallest absolute Gasteiger partial charge is 0.417 e. The van der Waals surface area contributed by atoms with Gasteiger partial charge in [0.2, 0.25) is 5.88 Å². The van der Waals surface area contributed by atoms with Crippen LogP contribution in [0.5, 0.6) is 17.4 Å². The lowest BCUT2D eigenvalue weighted by Gasteiger charge is -2.12. The van der Waals surface area contributed by atoms with Gasteiger partial charge in [-0.1, -0.05) is 24.3 Å². The van der Waals surface area contributed by atoms with Gasteiger partial charge in [0.05, 0.1) is 5.56 Å². The number of hydrogen-bond donors (Lipinski definition) is 2. The molecule has 152 valence electrons. The second kappa shape index (κ2) is 8.24. The largest absolute Gasteiger partial charge is 0.488 e. The molecule has 0 amide bonds. The molecule has 0 unspecified atom stereocenters. The molecule has 1 heterocycles. The molecule has 0 aliphatic carbocycles. The monoisotopic (exact) mass is 425 g/mol. The maximum atomic E-state index is 12.5. The minimum atomic E-state index is -4.47. The maximum Gasteiger partial charge on any atom is 0.417 e. The van der Waals surface area contributed by atoms with E-state index < -0.39 is 19.3 Å². The number of nitrogens with zero attached hydrogens (tertiary/aromatic N) is 1. The van der Waals surface area contributed by atoms with E-state index in [1.165, 1.54) is 18.2 Å². The quantitative estimate of drug-likeness (QED) is 0.574. The summed E-state index contributed by atoms with van der Waals surface area (Å²) in [5, 5.41) is -0.201. The second-order valence-corrected chi connectivity index (χ2v) is 7.50. The number of pyridine rings is 1. The summed E-state index contributed by atoms with van der Waals surface area (Å²) in [4.78, 5) is 22.3. The van der Waals surface area contributed by atoms with Crippen LogP contribution in [0.15, 0.2) is 66.9 Å². The van der Waals surface area contributed by atoms with Crippen molar-refractivity contribution in [3.8, 4) is 17.4 Å². The number of para-hydroxylation sites is 1. The molecule has 0 bridgehead atoms. The Kier molecular flexibility index (Phi) is 5.93. The van der Waals surface area contributed by atoms with Crippen LogP contribution >= 0.6 is 7.60 Å². The van der Waals surface area contributed by atoms with Crippen molar-refractivity contribution in [2.45, 2.75) is 12.8 Å². The maximum absolute atomic E-state index is 12.5. The highest BCUT2D eigenvalue weighted by molar-refractivity contribution is 7.60. The molecule has 3 aromatic rings. The Hall–Kier alpha value is -2.87. The molecular weight excluding hydrogens is 410 g/mol. The number of aromatic nitrogens is 1. The summed E-state index contributed by atoms with van der Waals surface area (Å²) in [7, 11) is -4.46. The van der Waals surface area contributed by atoms with Gasteiger partial charge in [-0.3, -0.25) is 4.57 Å². The number of benzene rings is 2. The molecule has 2 N–H and O–H groups in total. The standard InChI is InChI=1S/C19H15F3NO5P/c20-19(21,22)14-7-10-18(23-11-14)28-15-8-5-13(6-9-15)12-27-16-3-1-2-4-17(16)29(24,25)26/h1-11H,12H2,(H2,24,25,26). The van der Waals surface area contributed by atoms with Crippen molar-refractivity contribution in [2.75, 3.05) is 0 Å². The van der Waals surface area contributed by atoms with Crippen molar-refractivity contribution in [1.29, 1.82) is 0 Å². The van der Waals surface area contributed by atoms with E-state index in [4.69, 9.17) is 9.47 Å². The predicted octanol–water partition coefficient (Wildman–Crippen LogP) is 4.27. The van der Waals surface area contributed by atoms with Crippen molar-refractivity contribution in [1.82, 2.24) is 4.98 Å². The van der Waals surface area contributed by atoms with Gasteiger partial charge in [0.1, 0.15) is 23.4 Å². The summed E-state index contributed by atoms with van der Waals surface area (Å²) >= 11 is 0. The molecule has 0 radical (unpaired) electrons. The Morgan fingerprint density at radius 2 is 1.66 bits per heavy atom. The summed E-state index contributed by atoms with van der Waals surface area (Å²) in [6.07, 6.45) is -3.78. The van der Waals surface area contributed by atoms with Gasteiger partial charge in [0.25, 0.3) is 0 Å². The van der Waals surface area contributed by atoms with Crippen molar-refractivity contribution in [3.63, 3.8) is 0 Å². The van der Waals surface area contributed by atoms with Gasteiger partial charge in [0.15, 0.2) is 0 Å². The third kappa shape index (κ3) is 5.57. The normalized spacial score (nSPS) is 11.9. The summed E-state index contributed by atoms with van der Waals surface area (Å²) in [6, 6.07) is 14.3. The van der Waals surface area contributed by atoms with Gasteiger partial charge < -0.3 is 19.3 Å². The molecule has 2 aromatic carbocycles. The first-order valence-electron chi connectivity index (χ1n) is 8.21. The van der Waals surface area contributed by atoms with Crippen molar-refractivity contribution < 1.29 is 37.0 Å². The van der Waals surface area contributed by atoms with Crippen molar-refractivity contribution in [3.05, 3.63) is 78.0 Å².